The molecule has 1 aliphatic rings. The Bertz CT molecular complexity index is 1240. The van der Waals surface area contributed by atoms with Gasteiger partial charge in [-0.15, -0.1) is 0 Å². The molecule has 1 amide bonds. The van der Waals surface area contributed by atoms with Crippen molar-refractivity contribution in [2.75, 3.05) is 17.5 Å². The van der Waals surface area contributed by atoms with Crippen LogP contribution in [0.15, 0.2) is 36.5 Å². The number of nitrogen functional groups attached to an aromatic ring is 1. The molecule has 34 heavy (non-hydrogen) atoms. The molecule has 1 aliphatic heterocycles. The number of aryl methyl sites for hydroxylation is 1. The van der Waals surface area contributed by atoms with Gasteiger partial charge in [-0.1, -0.05) is 17.7 Å². The number of hydrogen-bond acceptors (Lipinski definition) is 8. The fourth-order valence-electron chi connectivity index (χ4n) is 3.56. The second kappa shape index (κ2) is 9.31. The van der Waals surface area contributed by atoms with E-state index in [1.807, 2.05) is 0 Å². The largest absolute Gasteiger partial charge is 0.417 e. The van der Waals surface area contributed by atoms with Crippen LogP contribution in [-0.2, 0) is 19.1 Å². The minimum atomic E-state index is -4.67. The number of nitrogens with one attached hydrogen (secondary N) is 2. The van der Waals surface area contributed by atoms with E-state index in [1.165, 1.54) is 11.0 Å². The van der Waals surface area contributed by atoms with Gasteiger partial charge in [-0.2, -0.15) is 23.6 Å². The van der Waals surface area contributed by atoms with Crippen molar-refractivity contribution in [1.82, 2.24) is 19.9 Å². The van der Waals surface area contributed by atoms with Crippen LogP contribution >= 0.6 is 11.6 Å². The number of carbonyl (C=O) groups is 1. The van der Waals surface area contributed by atoms with Crippen LogP contribution in [0.25, 0.3) is 0 Å². The van der Waals surface area contributed by atoms with Crippen molar-refractivity contribution in [2.24, 2.45) is 5.84 Å². The van der Waals surface area contributed by atoms with E-state index in [2.05, 4.69) is 25.9 Å². The highest BCUT2D eigenvalue weighted by atomic mass is 35.5. The summed E-state index contributed by atoms with van der Waals surface area (Å²) in [5.41, 5.74) is 5.59. The zero-order valence-electron chi connectivity index (χ0n) is 17.8. The van der Waals surface area contributed by atoms with Gasteiger partial charge >= 0.3 is 6.18 Å². The lowest BCUT2D eigenvalue weighted by atomic mass is 10.0. The first-order valence-electron chi connectivity index (χ1n) is 10.0. The van der Waals surface area contributed by atoms with Crippen molar-refractivity contribution in [1.29, 1.82) is 0 Å². The molecule has 0 saturated carbocycles. The normalized spacial score (nSPS) is 13.3. The van der Waals surface area contributed by atoms with Crippen LogP contribution in [0.1, 0.15) is 33.0 Å². The third-order valence-corrected chi connectivity index (χ3v) is 5.58. The van der Waals surface area contributed by atoms with E-state index in [-0.39, 0.29) is 24.5 Å². The van der Waals surface area contributed by atoms with Crippen LogP contribution in [0.5, 0.6) is 5.88 Å². The summed E-state index contributed by atoms with van der Waals surface area (Å²) in [6.07, 6.45) is -2.80. The first-order chi connectivity index (χ1) is 16.2. The molecule has 178 valence electrons. The summed E-state index contributed by atoms with van der Waals surface area (Å²) < 4.78 is 39.6. The average Bonchev–Trinajstić information content (AvgIpc) is 2.81. The maximum atomic E-state index is 13.2. The standard InChI is InChI=1S/C21H19ClF3N7O2/c1-11-28-16-10-32(20(33)13-4-2-5-14(17(13)22)21(23,24)25)9-7-12(16)19(29-11)34-31-18-15(30-26)6-3-8-27-18/h2-6,8,30H,7,9-10,26H2,1H3,(H,27,31). The van der Waals surface area contributed by atoms with Crippen LogP contribution in [-0.4, -0.2) is 32.3 Å². The molecule has 0 spiro atoms. The number of hydrogen-bond donors (Lipinski definition) is 3. The summed E-state index contributed by atoms with van der Waals surface area (Å²) >= 11 is 5.94. The highest BCUT2D eigenvalue weighted by Crippen LogP contribution is 2.37. The van der Waals surface area contributed by atoms with Gasteiger partial charge in [-0.25, -0.2) is 9.97 Å². The number of alkyl halides is 3. The molecule has 3 heterocycles. The van der Waals surface area contributed by atoms with Crippen molar-refractivity contribution >= 4 is 29.0 Å². The van der Waals surface area contributed by atoms with Gasteiger partial charge in [-0.05, 0) is 37.6 Å². The summed E-state index contributed by atoms with van der Waals surface area (Å²) in [6, 6.07) is 6.66. The molecule has 4 N–H and O–H groups in total. The number of pyridine rings is 1. The molecule has 0 bridgehead atoms. The minimum absolute atomic E-state index is 0.0552. The van der Waals surface area contributed by atoms with Gasteiger partial charge in [0, 0.05) is 18.3 Å². The molecule has 3 aromatic rings. The predicted molar refractivity (Wildman–Crippen MR) is 118 cm³/mol. The average molecular weight is 494 g/mol. The lowest BCUT2D eigenvalue weighted by molar-refractivity contribution is -0.137. The SMILES string of the molecule is Cc1nc2c(c(ONc3ncccc3NN)n1)CCN(C(=O)c1cccc(C(F)(F)F)c1Cl)C2. The maximum Gasteiger partial charge on any atom is 0.417 e. The number of aromatic nitrogens is 3. The molecule has 0 unspecified atom stereocenters. The van der Waals surface area contributed by atoms with Gasteiger partial charge < -0.3 is 15.2 Å². The molecule has 4 rings (SSSR count). The molecular weight excluding hydrogens is 475 g/mol. The fraction of sp³-hybridized carbons (Fsp3) is 0.238. The van der Waals surface area contributed by atoms with Crippen LogP contribution in [0.2, 0.25) is 5.02 Å². The predicted octanol–water partition coefficient (Wildman–Crippen LogP) is 3.74. The molecule has 9 nitrogen and oxygen atoms in total. The molecule has 0 aliphatic carbocycles. The Labute approximate surface area is 197 Å². The van der Waals surface area contributed by atoms with Gasteiger partial charge in [-0.3, -0.25) is 10.6 Å². The summed E-state index contributed by atoms with van der Waals surface area (Å²) in [5.74, 6) is 5.82. The Morgan fingerprint density at radius 2 is 2.03 bits per heavy atom. The van der Waals surface area contributed by atoms with Crippen molar-refractivity contribution in [3.8, 4) is 5.88 Å². The molecule has 0 fully saturated rings. The Morgan fingerprint density at radius 1 is 1.24 bits per heavy atom. The number of nitrogens with zero attached hydrogens (tertiary/aromatic N) is 4. The summed E-state index contributed by atoms with van der Waals surface area (Å²) in [6.45, 7) is 1.92. The van der Waals surface area contributed by atoms with Gasteiger partial charge in [0.05, 0.1) is 34.1 Å². The van der Waals surface area contributed by atoms with Crippen LogP contribution in [0, 0.1) is 6.92 Å². The van der Waals surface area contributed by atoms with Crippen molar-refractivity contribution in [2.45, 2.75) is 26.1 Å². The van der Waals surface area contributed by atoms with Crippen LogP contribution in [0.3, 0.4) is 0 Å². The fourth-order valence-corrected chi connectivity index (χ4v) is 3.87. The quantitative estimate of drug-likeness (QED) is 0.363. The number of fused-ring (bicyclic) bond motifs is 1. The molecule has 13 heteroatoms. The second-order valence-corrected chi connectivity index (χ2v) is 7.77. The third kappa shape index (κ3) is 4.68. The van der Waals surface area contributed by atoms with E-state index in [9.17, 15) is 18.0 Å². The van der Waals surface area contributed by atoms with Crippen molar-refractivity contribution < 1.29 is 22.8 Å². The zero-order chi connectivity index (χ0) is 24.5. The summed E-state index contributed by atoms with van der Waals surface area (Å²) in [4.78, 5) is 32.9. The number of amides is 1. The van der Waals surface area contributed by atoms with E-state index < -0.39 is 22.7 Å². The number of carbonyl (C=O) groups excluding carboxylic acids is 1. The van der Waals surface area contributed by atoms with Crippen LogP contribution in [0.4, 0.5) is 24.7 Å². The highest BCUT2D eigenvalue weighted by molar-refractivity contribution is 6.34. The molecule has 0 atom stereocenters. The first-order valence-corrected chi connectivity index (χ1v) is 10.4. The van der Waals surface area contributed by atoms with Gasteiger partial charge in [0.2, 0.25) is 0 Å². The molecular formula is C21H19ClF3N7O2. The topological polar surface area (TPSA) is 118 Å². The van der Waals surface area contributed by atoms with E-state index in [1.54, 1.807) is 25.3 Å². The van der Waals surface area contributed by atoms with Gasteiger partial charge in [0.25, 0.3) is 11.8 Å². The van der Waals surface area contributed by atoms with Gasteiger partial charge in [0.15, 0.2) is 5.82 Å². The zero-order valence-corrected chi connectivity index (χ0v) is 18.5. The van der Waals surface area contributed by atoms with Crippen molar-refractivity contribution in [3.05, 3.63) is 69.8 Å². The number of halogens is 4. The van der Waals surface area contributed by atoms with E-state index in [4.69, 9.17) is 22.3 Å². The maximum absolute atomic E-state index is 13.2. The lowest BCUT2D eigenvalue weighted by Gasteiger charge is -2.29. The molecule has 2 aromatic heterocycles. The smallest absolute Gasteiger partial charge is 0.360 e. The lowest BCUT2D eigenvalue weighted by Crippen LogP contribution is -2.37. The number of anilines is 2. The number of benzene rings is 1. The van der Waals surface area contributed by atoms with Crippen molar-refractivity contribution in [3.63, 3.8) is 0 Å². The molecule has 1 aromatic carbocycles. The summed E-state index contributed by atoms with van der Waals surface area (Å²) in [7, 11) is 0. The third-order valence-electron chi connectivity index (χ3n) is 5.17. The molecule has 0 radical (unpaired) electrons. The van der Waals surface area contributed by atoms with Gasteiger partial charge in [0.1, 0.15) is 5.82 Å². The Kier molecular flexibility index (Phi) is 6.44. The highest BCUT2D eigenvalue weighted by Gasteiger charge is 2.36. The number of rotatable bonds is 5. The first kappa shape index (κ1) is 23.5. The monoisotopic (exact) mass is 493 g/mol. The Balaban J connectivity index is 1.57. The molecule has 0 saturated heterocycles. The number of nitrogens with two attached hydrogens (primary N) is 1. The summed E-state index contributed by atoms with van der Waals surface area (Å²) in [5, 5.41) is -0.627. The Hall–Kier alpha value is -3.64. The second-order valence-electron chi connectivity index (χ2n) is 7.39. The van der Waals surface area contributed by atoms with E-state index in [0.29, 0.717) is 35.0 Å². The minimum Gasteiger partial charge on any atom is -0.360 e. The van der Waals surface area contributed by atoms with E-state index >= 15 is 0 Å². The number of hydrazine groups is 1. The van der Waals surface area contributed by atoms with E-state index in [0.717, 1.165) is 12.1 Å². The Morgan fingerprint density at radius 3 is 2.76 bits per heavy atom. The van der Waals surface area contributed by atoms with Crippen LogP contribution < -0.4 is 21.6 Å².